The van der Waals surface area contributed by atoms with Gasteiger partial charge in [0.2, 0.25) is 44.8 Å². The molecule has 0 aliphatic carbocycles. The normalized spacial score (nSPS) is 11.3. The third kappa shape index (κ3) is 17.1. The third-order valence-electron chi connectivity index (χ3n) is 24.7. The average Bonchev–Trinajstić information content (AvgIpc) is 1.62. The number of hydrogen-bond donors (Lipinski definition) is 0. The monoisotopic (exact) mass is 1670 g/mol. The zero-order chi connectivity index (χ0) is 90.1. The molecule has 0 radical (unpaired) electrons. The van der Waals surface area contributed by atoms with E-state index in [1.807, 2.05) is 125 Å². The van der Waals surface area contributed by atoms with Gasteiger partial charge in [-0.3, -0.25) is 0 Å². The van der Waals surface area contributed by atoms with Crippen molar-refractivity contribution in [2.24, 2.45) is 35.2 Å². The van der Waals surface area contributed by atoms with Gasteiger partial charge >= 0.3 is 0 Å². The number of para-hydroxylation sites is 4. The van der Waals surface area contributed by atoms with Crippen LogP contribution in [-0.4, -0.2) is 52.7 Å². The Morgan fingerprint density at radius 1 is 0.307 bits per heavy atom. The van der Waals surface area contributed by atoms with Gasteiger partial charge in [-0.2, -0.15) is 22.8 Å². The number of benzene rings is 9. The molecule has 0 aliphatic rings. The number of aromatic nitrogens is 16. The van der Waals surface area contributed by atoms with Crippen LogP contribution in [0, 0.1) is 110 Å². The van der Waals surface area contributed by atoms with Crippen molar-refractivity contribution in [3.05, 3.63) is 376 Å². The molecule has 0 fully saturated rings. The number of nitrogens with zero attached hydrogens (tertiary/aromatic N) is 17. The molecule has 0 N–H and O–H groups in total. The summed E-state index contributed by atoms with van der Waals surface area (Å²) in [6.45, 7) is 46.7. The summed E-state index contributed by atoms with van der Waals surface area (Å²) in [5.74, 6) is 5.86. The van der Waals surface area contributed by atoms with Crippen LogP contribution in [0.4, 0.5) is 5.69 Å². The summed E-state index contributed by atoms with van der Waals surface area (Å²) in [5, 5.41) is 4.90. The Hall–Kier alpha value is -14.8. The highest BCUT2D eigenvalue weighted by molar-refractivity contribution is 5.82. The second-order valence-corrected chi connectivity index (χ2v) is 34.7. The van der Waals surface area contributed by atoms with E-state index < -0.39 is 0 Å². The van der Waals surface area contributed by atoms with Gasteiger partial charge in [-0.15, -0.1) is 0 Å². The highest BCUT2D eigenvalue weighted by atomic mass is 15.1. The van der Waals surface area contributed by atoms with Crippen molar-refractivity contribution in [1.82, 2.24) is 52.7 Å². The van der Waals surface area contributed by atoms with E-state index in [0.717, 1.165) is 63.0 Å². The Morgan fingerprint density at radius 2 is 0.646 bits per heavy atom. The van der Waals surface area contributed by atoms with Crippen molar-refractivity contribution in [1.29, 1.82) is 0 Å². The van der Waals surface area contributed by atoms with Crippen molar-refractivity contribution in [3.8, 4) is 85.4 Å². The highest BCUT2D eigenvalue weighted by Crippen LogP contribution is 2.38. The number of imidazole rings is 5. The Morgan fingerprint density at radius 3 is 1.02 bits per heavy atom. The SMILES string of the molecule is Cc1c(-c2nccn2C)cc(C(C)(C)C)cc1-[n+]1c(C)ccc2ccccc21.Cc1cc(-c2nccn2C)c(C)c(-[n+]2c(C)ccc3ccccc32)c1.Cc1cc(C)c(-[n+]2c(C)ccc3ccccc32)c(C)c1-c1nccn1C.Cc1cc(C)c(-[n+]2cccnc2C)c(C)c1-c1nccn1C.[C-]#[N+]c1cc(-c2nccn2C)c(C)c(-[n+]2c(C)ccc3ccccc32)c1. The number of pyridine rings is 4. The van der Waals surface area contributed by atoms with Crippen LogP contribution in [0.2, 0.25) is 0 Å². The first-order valence-electron chi connectivity index (χ1n) is 43.3. The number of rotatable bonds is 10. The first kappa shape index (κ1) is 87.2. The average molecular weight is 1670 g/mol. The maximum Gasteiger partial charge on any atom is 0.300 e. The van der Waals surface area contributed by atoms with Gasteiger partial charge in [-0.25, -0.2) is 29.8 Å². The van der Waals surface area contributed by atoms with Crippen LogP contribution in [0.3, 0.4) is 0 Å². The molecule has 0 saturated carbocycles. The molecule has 10 heterocycles. The van der Waals surface area contributed by atoms with Gasteiger partial charge in [-0.05, 0) is 175 Å². The van der Waals surface area contributed by atoms with Crippen molar-refractivity contribution < 1.29 is 22.8 Å². The molecule has 0 amide bonds. The quantitative estimate of drug-likeness (QED) is 0.0992. The Kier molecular flexibility index (Phi) is 24.8. The predicted molar refractivity (Wildman–Crippen MR) is 515 cm³/mol. The lowest BCUT2D eigenvalue weighted by Gasteiger charge is -2.22. The van der Waals surface area contributed by atoms with Gasteiger partial charge in [0, 0.05) is 287 Å². The smallest absolute Gasteiger partial charge is 0.300 e. The summed E-state index contributed by atoms with van der Waals surface area (Å²) < 4.78 is 21.8. The summed E-state index contributed by atoms with van der Waals surface area (Å²) in [6.07, 6.45) is 23.0. The van der Waals surface area contributed by atoms with Crippen LogP contribution in [0.15, 0.2) is 275 Å². The Bertz CT molecular complexity index is 7470. The summed E-state index contributed by atoms with van der Waals surface area (Å²) in [6, 6.07) is 70.9. The van der Waals surface area contributed by atoms with E-state index in [4.69, 9.17) is 6.57 Å². The molecule has 17 nitrogen and oxygen atoms in total. The van der Waals surface area contributed by atoms with E-state index in [1.54, 1.807) is 6.20 Å². The molecule has 0 bridgehead atoms. The van der Waals surface area contributed by atoms with E-state index >= 15 is 0 Å². The van der Waals surface area contributed by atoms with Crippen LogP contribution in [-0.2, 0) is 40.7 Å². The van der Waals surface area contributed by atoms with E-state index in [2.05, 4.69) is 384 Å². The van der Waals surface area contributed by atoms with Crippen LogP contribution in [0.1, 0.15) is 111 Å². The van der Waals surface area contributed by atoms with Gasteiger partial charge in [0.05, 0.1) is 6.57 Å². The Labute approximate surface area is 746 Å². The summed E-state index contributed by atoms with van der Waals surface area (Å²) >= 11 is 0. The molecule has 0 aliphatic heterocycles. The molecule has 17 heteroatoms. The van der Waals surface area contributed by atoms with Gasteiger partial charge < -0.3 is 22.8 Å². The highest BCUT2D eigenvalue weighted by Gasteiger charge is 2.31. The topological polar surface area (TPSA) is 126 Å². The molecule has 634 valence electrons. The number of hydrogen-bond acceptors (Lipinski definition) is 6. The molecule has 127 heavy (non-hydrogen) atoms. The molecule has 9 aromatic carbocycles. The minimum atomic E-state index is 0.0431. The van der Waals surface area contributed by atoms with Gasteiger partial charge in [0.1, 0.15) is 47.2 Å². The third-order valence-corrected chi connectivity index (χ3v) is 24.7. The zero-order valence-electron chi connectivity index (χ0n) is 77.6. The minimum absolute atomic E-state index is 0.0431. The molecule has 0 unspecified atom stereocenters. The fraction of sp³-hybridized carbons (Fsp3) is 0.218. The number of fused-ring (bicyclic) bond motifs is 4. The first-order valence-corrected chi connectivity index (χ1v) is 43.3. The largest absolute Gasteiger partial charge is 0.334 e. The lowest BCUT2D eigenvalue weighted by molar-refractivity contribution is -0.607. The van der Waals surface area contributed by atoms with Crippen LogP contribution in [0.25, 0.3) is 134 Å². The fourth-order valence-corrected chi connectivity index (χ4v) is 18.1. The second kappa shape index (κ2) is 36.2. The first-order chi connectivity index (χ1) is 60.9. The minimum Gasteiger partial charge on any atom is -0.334 e. The van der Waals surface area contributed by atoms with E-state index in [1.165, 1.54) is 156 Å². The standard InChI is InChI=1S/C25H28N3.C23H24N3.C22H19N4.C22H22N3.C18H21N4/c1-17-11-12-19-9-7-8-10-22(19)28(17)23-16-20(25(3,4)5)15-21(18(23)2)24-26-13-14-27(24)6;1-15-14-16(2)22(18(4)21(15)23-24-12-13-25(23)5)26-17(3)10-11-19-8-6-7-9-20(19)26;1-15-9-10-17-7-5-6-8-20(17)26(15)21-14-18(23-3)13-19(16(21)2)22-24-11-12-25(22)4;1-15-13-19(22-23-11-12-24(22)4)17(3)21(14-15)25-16(2)9-10-18-7-5-6-8-20(18)25;1-12-11-13(2)17(22-9-6-7-19-15(22)4)14(3)16(12)18-20-8-10-21(18)5/h7-16H,1-6H3;6-14H,1-5H3;5-14H,1-2,4H3;5-14H,1-4H3;6-11H,1-5H3/q5*+1. The van der Waals surface area contributed by atoms with E-state index in [0.29, 0.717) is 5.69 Å². The van der Waals surface area contributed by atoms with Crippen LogP contribution >= 0.6 is 0 Å². The lowest BCUT2D eigenvalue weighted by atomic mass is 9.84. The zero-order valence-corrected chi connectivity index (χ0v) is 77.6. The number of aryl methyl sites for hydroxylation is 15. The lowest BCUT2D eigenvalue weighted by Crippen LogP contribution is -2.37. The molecular formula is C110H114N17+5. The predicted octanol–water partition coefficient (Wildman–Crippen LogP) is 22.3. The summed E-state index contributed by atoms with van der Waals surface area (Å²) in [7, 11) is 10.2. The van der Waals surface area contributed by atoms with Crippen molar-refractivity contribution in [2.75, 3.05) is 0 Å². The molecular weight excluding hydrogens is 1560 g/mol. The molecule has 19 rings (SSSR count). The van der Waals surface area contributed by atoms with Gasteiger partial charge in [0.15, 0.2) is 28.5 Å². The molecule has 0 spiro atoms. The van der Waals surface area contributed by atoms with E-state index in [9.17, 15) is 0 Å². The van der Waals surface area contributed by atoms with Gasteiger partial charge in [0.25, 0.3) is 5.82 Å². The van der Waals surface area contributed by atoms with Crippen molar-refractivity contribution in [3.63, 3.8) is 0 Å². The van der Waals surface area contributed by atoms with Gasteiger partial charge in [-0.1, -0.05) is 80.4 Å². The Balaban J connectivity index is 0.000000123. The van der Waals surface area contributed by atoms with Crippen molar-refractivity contribution in [2.45, 2.75) is 130 Å². The maximum absolute atomic E-state index is 7.55. The molecule has 10 aromatic heterocycles. The summed E-state index contributed by atoms with van der Waals surface area (Å²) in [5.41, 5.74) is 35.6. The molecule has 19 aromatic rings. The second-order valence-electron chi connectivity index (χ2n) is 34.7. The fourth-order valence-electron chi connectivity index (χ4n) is 18.1. The van der Waals surface area contributed by atoms with Crippen molar-refractivity contribution >= 4 is 49.3 Å². The molecule has 0 saturated heterocycles. The maximum atomic E-state index is 7.55. The summed E-state index contributed by atoms with van der Waals surface area (Å²) in [4.78, 5) is 31.0. The molecule has 0 atom stereocenters. The van der Waals surface area contributed by atoms with E-state index in [-0.39, 0.29) is 5.41 Å². The van der Waals surface area contributed by atoms with Crippen LogP contribution < -0.4 is 22.8 Å². The van der Waals surface area contributed by atoms with Crippen LogP contribution in [0.5, 0.6) is 0 Å².